The van der Waals surface area contributed by atoms with Crippen LogP contribution in [0.4, 0.5) is 0 Å². The van der Waals surface area contributed by atoms with Crippen LogP contribution >= 0.6 is 0 Å². The zero-order valence-electron chi connectivity index (χ0n) is 29.5. The number of methoxy groups -OCH3 is 2. The number of ether oxygens (including phenoxy) is 4. The highest BCUT2D eigenvalue weighted by Gasteiger charge is 2.44. The number of carbonyl (C=O) groups is 5. The number of nitrogens with zero attached hydrogens (tertiary/aromatic N) is 1. The van der Waals surface area contributed by atoms with Crippen LogP contribution in [0.3, 0.4) is 0 Å². The lowest BCUT2D eigenvalue weighted by Crippen LogP contribution is -2.49. The van der Waals surface area contributed by atoms with Gasteiger partial charge in [0.15, 0.2) is 18.1 Å². The maximum Gasteiger partial charge on any atom is 0.266 e. The summed E-state index contributed by atoms with van der Waals surface area (Å²) in [5.74, 6) is 0.286. The fourth-order valence-corrected chi connectivity index (χ4v) is 5.99. The van der Waals surface area contributed by atoms with Gasteiger partial charge in [-0.1, -0.05) is 50.5 Å². The lowest BCUT2D eigenvalue weighted by atomic mass is 10.0. The molecule has 1 heterocycles. The molecule has 0 saturated carbocycles. The van der Waals surface area contributed by atoms with Crippen LogP contribution in [0, 0.1) is 0 Å². The molecule has 0 fully saturated rings. The van der Waals surface area contributed by atoms with Gasteiger partial charge in [0.05, 0.1) is 32.0 Å². The summed E-state index contributed by atoms with van der Waals surface area (Å²) in [5, 5.41) is 4.95. The number of benzene rings is 3. The monoisotopic (exact) mass is 701 g/mol. The van der Waals surface area contributed by atoms with E-state index in [2.05, 4.69) is 16.7 Å². The predicted molar refractivity (Wildman–Crippen MR) is 190 cm³/mol. The van der Waals surface area contributed by atoms with E-state index in [4.69, 9.17) is 18.9 Å². The van der Waals surface area contributed by atoms with Crippen molar-refractivity contribution in [2.45, 2.75) is 70.8 Å². The Hall–Kier alpha value is -5.39. The summed E-state index contributed by atoms with van der Waals surface area (Å²) in [6.45, 7) is 2.61. The number of aryl methyl sites for hydroxylation is 2. The fourth-order valence-electron chi connectivity index (χ4n) is 5.99. The second kappa shape index (κ2) is 19.7. The largest absolute Gasteiger partial charge is 0.493 e. The molecule has 1 unspecified atom stereocenters. The standard InChI is InChI=1S/C39H47N3O9/c1-4-12-31(37(45)41-26-43)42-38(46)30-17-11-18-33(36(30)39(42)47)50-22-8-6-5-7-21-40-35(44)25-51-29-16-10-15-27(23-29)13-9-14-28-19-20-32(48-2)34(24-28)49-3/h10-11,15-20,23-24,26,31H,4-9,12-14,21-22,25H2,1-3H3,(H,40,44)(H,41,43,45). The van der Waals surface area contributed by atoms with Crippen molar-refractivity contribution >= 4 is 30.0 Å². The van der Waals surface area contributed by atoms with E-state index < -0.39 is 23.8 Å². The molecule has 0 bridgehead atoms. The van der Waals surface area contributed by atoms with Gasteiger partial charge >= 0.3 is 0 Å². The van der Waals surface area contributed by atoms with Crippen LogP contribution in [0.1, 0.15) is 83.7 Å². The Bertz CT molecular complexity index is 1680. The van der Waals surface area contributed by atoms with Gasteiger partial charge in [0.25, 0.3) is 17.7 Å². The Morgan fingerprint density at radius 1 is 0.804 bits per heavy atom. The minimum atomic E-state index is -1.09. The number of carbonyl (C=O) groups excluding carboxylic acids is 5. The van der Waals surface area contributed by atoms with Crippen molar-refractivity contribution in [1.29, 1.82) is 0 Å². The first-order valence-electron chi connectivity index (χ1n) is 17.4. The molecule has 3 aromatic carbocycles. The van der Waals surface area contributed by atoms with Crippen LogP contribution in [-0.4, -0.2) is 75.0 Å². The van der Waals surface area contributed by atoms with Crippen LogP contribution in [-0.2, 0) is 27.2 Å². The topological polar surface area (TPSA) is 150 Å². The Kier molecular flexibility index (Phi) is 14.8. The first-order chi connectivity index (χ1) is 24.8. The summed E-state index contributed by atoms with van der Waals surface area (Å²) in [4.78, 5) is 62.9. The van der Waals surface area contributed by atoms with Gasteiger partial charge in [-0.3, -0.25) is 34.2 Å². The number of hydrogen-bond donors (Lipinski definition) is 2. The molecular formula is C39H47N3O9. The highest BCUT2D eigenvalue weighted by molar-refractivity contribution is 6.24. The summed E-state index contributed by atoms with van der Waals surface area (Å²) in [7, 11) is 3.25. The van der Waals surface area contributed by atoms with E-state index in [1.165, 1.54) is 11.6 Å². The first kappa shape index (κ1) is 38.4. The van der Waals surface area contributed by atoms with Crippen LogP contribution < -0.4 is 29.6 Å². The molecule has 12 heteroatoms. The van der Waals surface area contributed by atoms with E-state index in [-0.39, 0.29) is 42.2 Å². The Balaban J connectivity index is 1.11. The van der Waals surface area contributed by atoms with E-state index in [1.807, 2.05) is 43.3 Å². The lowest BCUT2D eigenvalue weighted by molar-refractivity contribution is -0.128. The number of unbranched alkanes of at least 4 members (excludes halogenated alkanes) is 3. The van der Waals surface area contributed by atoms with E-state index in [0.717, 1.165) is 54.7 Å². The Labute approximate surface area is 298 Å². The molecule has 51 heavy (non-hydrogen) atoms. The molecule has 1 aliphatic rings. The molecule has 0 radical (unpaired) electrons. The average Bonchev–Trinajstić information content (AvgIpc) is 3.39. The molecular weight excluding hydrogens is 654 g/mol. The molecule has 1 aliphatic heterocycles. The van der Waals surface area contributed by atoms with Gasteiger partial charge in [-0.2, -0.15) is 0 Å². The number of rotatable bonds is 22. The first-order valence-corrected chi connectivity index (χ1v) is 17.4. The lowest BCUT2D eigenvalue weighted by Gasteiger charge is -2.24. The maximum atomic E-state index is 13.3. The molecule has 12 nitrogen and oxygen atoms in total. The second-order valence-corrected chi connectivity index (χ2v) is 12.2. The van der Waals surface area contributed by atoms with Gasteiger partial charge in [-0.25, -0.2) is 0 Å². The van der Waals surface area contributed by atoms with Crippen LogP contribution in [0.2, 0.25) is 0 Å². The normalized spacial score (nSPS) is 12.6. The van der Waals surface area contributed by atoms with Crippen molar-refractivity contribution < 1.29 is 42.9 Å². The van der Waals surface area contributed by atoms with Gasteiger partial charge in [0.2, 0.25) is 12.3 Å². The van der Waals surface area contributed by atoms with Crippen molar-refractivity contribution in [3.63, 3.8) is 0 Å². The highest BCUT2D eigenvalue weighted by atomic mass is 16.5. The molecule has 0 saturated heterocycles. The molecule has 272 valence electrons. The SMILES string of the molecule is CCCC(C(=O)NC=O)N1C(=O)c2cccc(OCCCCCCNC(=O)COc3cccc(CCCc4ccc(OC)c(OC)c4)c3)c2C1=O. The van der Waals surface area contributed by atoms with E-state index in [9.17, 15) is 24.0 Å². The van der Waals surface area contributed by atoms with Gasteiger partial charge in [0, 0.05) is 6.54 Å². The maximum absolute atomic E-state index is 13.3. The van der Waals surface area contributed by atoms with Gasteiger partial charge in [0.1, 0.15) is 17.5 Å². The quantitative estimate of drug-likeness (QED) is 0.0834. The van der Waals surface area contributed by atoms with E-state index >= 15 is 0 Å². The molecule has 1 atom stereocenters. The van der Waals surface area contributed by atoms with Crippen molar-refractivity contribution in [3.05, 3.63) is 82.9 Å². The van der Waals surface area contributed by atoms with Crippen LogP contribution in [0.25, 0.3) is 0 Å². The highest BCUT2D eigenvalue weighted by Crippen LogP contribution is 2.33. The summed E-state index contributed by atoms with van der Waals surface area (Å²) in [6.07, 6.45) is 6.90. The van der Waals surface area contributed by atoms with E-state index in [1.54, 1.807) is 26.4 Å². The molecule has 0 aliphatic carbocycles. The van der Waals surface area contributed by atoms with Gasteiger partial charge < -0.3 is 24.3 Å². The molecule has 5 amide bonds. The summed E-state index contributed by atoms with van der Waals surface area (Å²) >= 11 is 0. The van der Waals surface area contributed by atoms with E-state index in [0.29, 0.717) is 37.5 Å². The number of fused-ring (bicyclic) bond motifs is 1. The Morgan fingerprint density at radius 2 is 1.55 bits per heavy atom. The van der Waals surface area contributed by atoms with Gasteiger partial charge in [-0.05, 0) is 86.1 Å². The Morgan fingerprint density at radius 3 is 2.29 bits per heavy atom. The summed E-state index contributed by atoms with van der Waals surface area (Å²) < 4.78 is 22.3. The minimum absolute atomic E-state index is 0.0655. The number of amides is 5. The number of nitrogens with one attached hydrogen (secondary N) is 2. The summed E-state index contributed by atoms with van der Waals surface area (Å²) in [5.41, 5.74) is 2.61. The van der Waals surface area contributed by atoms with Crippen molar-refractivity contribution in [3.8, 4) is 23.0 Å². The third kappa shape index (κ3) is 10.6. The van der Waals surface area contributed by atoms with Crippen LogP contribution in [0.5, 0.6) is 23.0 Å². The third-order valence-electron chi connectivity index (χ3n) is 8.58. The molecule has 3 aromatic rings. The predicted octanol–water partition coefficient (Wildman–Crippen LogP) is 5.05. The van der Waals surface area contributed by atoms with Crippen LogP contribution in [0.15, 0.2) is 60.7 Å². The van der Waals surface area contributed by atoms with Crippen molar-refractivity contribution in [1.82, 2.24) is 15.5 Å². The molecule has 0 aromatic heterocycles. The summed E-state index contributed by atoms with van der Waals surface area (Å²) in [6, 6.07) is 17.5. The second-order valence-electron chi connectivity index (χ2n) is 12.2. The fraction of sp³-hybridized carbons (Fsp3) is 0.410. The van der Waals surface area contributed by atoms with Crippen molar-refractivity contribution in [2.24, 2.45) is 0 Å². The third-order valence-corrected chi connectivity index (χ3v) is 8.58. The minimum Gasteiger partial charge on any atom is -0.493 e. The van der Waals surface area contributed by atoms with Gasteiger partial charge in [-0.15, -0.1) is 0 Å². The zero-order valence-corrected chi connectivity index (χ0v) is 29.5. The molecule has 4 rings (SSSR count). The number of imide groups is 2. The number of hydrogen-bond acceptors (Lipinski definition) is 9. The molecule has 0 spiro atoms. The molecule has 2 N–H and O–H groups in total. The average molecular weight is 702 g/mol. The zero-order chi connectivity index (χ0) is 36.6. The smallest absolute Gasteiger partial charge is 0.266 e. The van der Waals surface area contributed by atoms with Crippen molar-refractivity contribution in [2.75, 3.05) is 34.0 Å².